The minimum atomic E-state index is -0.435. The Bertz CT molecular complexity index is 572. The predicted octanol–water partition coefficient (Wildman–Crippen LogP) is 1.24. The number of hydrogen-bond acceptors (Lipinski definition) is 4. The molecule has 0 fully saturated rings. The second kappa shape index (κ2) is 3.77. The lowest BCUT2D eigenvalue weighted by atomic mass is 10.2. The Balaban J connectivity index is 2.72. The second-order valence-corrected chi connectivity index (χ2v) is 3.40. The van der Waals surface area contributed by atoms with Crippen LogP contribution in [-0.4, -0.2) is 28.7 Å². The third-order valence-electron chi connectivity index (χ3n) is 2.36. The van der Waals surface area contributed by atoms with Crippen molar-refractivity contribution in [3.8, 4) is 0 Å². The smallest absolute Gasteiger partial charge is 0.339 e. The normalized spacial score (nSPS) is 10.4. The highest BCUT2D eigenvalue weighted by Crippen LogP contribution is 2.14. The molecule has 0 saturated heterocycles. The standard InChI is InChI=1S/C11H10N2O3/c1-7-3-8(11(15)16-2)5-13-9(6-14)4-12-10(7)13/h3-6H,1-2H3. The number of esters is 1. The Hall–Kier alpha value is -2.17. The topological polar surface area (TPSA) is 60.7 Å². The molecule has 0 aromatic carbocycles. The molecule has 0 saturated carbocycles. The van der Waals surface area contributed by atoms with E-state index < -0.39 is 5.97 Å². The van der Waals surface area contributed by atoms with Gasteiger partial charge in [0, 0.05) is 6.20 Å². The summed E-state index contributed by atoms with van der Waals surface area (Å²) < 4.78 is 6.21. The Morgan fingerprint density at radius 3 is 2.94 bits per heavy atom. The lowest BCUT2D eigenvalue weighted by molar-refractivity contribution is 0.0600. The van der Waals surface area contributed by atoms with Gasteiger partial charge < -0.3 is 4.74 Å². The summed E-state index contributed by atoms with van der Waals surface area (Å²) in [5, 5.41) is 0. The molecule has 0 N–H and O–H groups in total. The van der Waals surface area contributed by atoms with E-state index in [2.05, 4.69) is 9.72 Å². The third-order valence-corrected chi connectivity index (χ3v) is 2.36. The molecule has 0 aliphatic rings. The van der Waals surface area contributed by atoms with E-state index in [0.29, 0.717) is 23.2 Å². The van der Waals surface area contributed by atoms with Crippen molar-refractivity contribution in [3.05, 3.63) is 35.3 Å². The van der Waals surface area contributed by atoms with Crippen molar-refractivity contribution in [2.45, 2.75) is 6.92 Å². The van der Waals surface area contributed by atoms with Crippen molar-refractivity contribution in [3.63, 3.8) is 0 Å². The molecule has 16 heavy (non-hydrogen) atoms. The minimum absolute atomic E-state index is 0.397. The van der Waals surface area contributed by atoms with Gasteiger partial charge in [0.05, 0.1) is 18.9 Å². The highest BCUT2D eigenvalue weighted by atomic mass is 16.5. The van der Waals surface area contributed by atoms with Crippen LogP contribution in [0.4, 0.5) is 0 Å². The number of hydrogen-bond donors (Lipinski definition) is 0. The molecule has 0 radical (unpaired) electrons. The predicted molar refractivity (Wildman–Crippen MR) is 56.7 cm³/mol. The van der Waals surface area contributed by atoms with Crippen LogP contribution in [0.2, 0.25) is 0 Å². The minimum Gasteiger partial charge on any atom is -0.465 e. The number of ether oxygens (including phenoxy) is 1. The maximum Gasteiger partial charge on any atom is 0.339 e. The number of pyridine rings is 1. The van der Waals surface area contributed by atoms with Crippen LogP contribution in [0.15, 0.2) is 18.5 Å². The van der Waals surface area contributed by atoms with Crippen molar-refractivity contribution >= 4 is 17.9 Å². The average molecular weight is 218 g/mol. The SMILES string of the molecule is COC(=O)c1cc(C)c2ncc(C=O)n2c1. The van der Waals surface area contributed by atoms with E-state index in [4.69, 9.17) is 0 Å². The maximum absolute atomic E-state index is 11.4. The number of imidazole rings is 1. The summed E-state index contributed by atoms with van der Waals surface area (Å²) in [6, 6.07) is 1.68. The molecule has 2 aromatic heterocycles. The summed E-state index contributed by atoms with van der Waals surface area (Å²) in [4.78, 5) is 26.2. The van der Waals surface area contributed by atoms with Gasteiger partial charge in [0.1, 0.15) is 11.3 Å². The third kappa shape index (κ3) is 1.46. The van der Waals surface area contributed by atoms with Crippen LogP contribution in [0.25, 0.3) is 5.65 Å². The van der Waals surface area contributed by atoms with Crippen molar-refractivity contribution in [2.75, 3.05) is 7.11 Å². The van der Waals surface area contributed by atoms with Crippen LogP contribution in [0.1, 0.15) is 26.4 Å². The van der Waals surface area contributed by atoms with Crippen molar-refractivity contribution in [1.82, 2.24) is 9.38 Å². The van der Waals surface area contributed by atoms with E-state index in [1.165, 1.54) is 13.3 Å². The molecular formula is C11H10N2O3. The van der Waals surface area contributed by atoms with Gasteiger partial charge in [-0.1, -0.05) is 0 Å². The van der Waals surface area contributed by atoms with Crippen molar-refractivity contribution in [1.29, 1.82) is 0 Å². The number of methoxy groups -OCH3 is 1. The summed E-state index contributed by atoms with van der Waals surface area (Å²) in [5.41, 5.74) is 2.28. The number of rotatable bonds is 2. The maximum atomic E-state index is 11.4. The number of fused-ring (bicyclic) bond motifs is 1. The van der Waals surface area contributed by atoms with Crippen LogP contribution in [-0.2, 0) is 4.74 Å². The molecule has 2 aromatic rings. The van der Waals surface area contributed by atoms with Crippen molar-refractivity contribution in [2.24, 2.45) is 0 Å². The largest absolute Gasteiger partial charge is 0.465 e. The molecule has 0 bridgehead atoms. The zero-order valence-corrected chi connectivity index (χ0v) is 8.93. The first kappa shape index (κ1) is 10.4. The van der Waals surface area contributed by atoms with Crippen LogP contribution in [0.3, 0.4) is 0 Å². The average Bonchev–Trinajstić information content (AvgIpc) is 2.71. The van der Waals surface area contributed by atoms with Gasteiger partial charge in [-0.2, -0.15) is 0 Å². The quantitative estimate of drug-likeness (QED) is 0.562. The number of aldehydes is 1. The summed E-state index contributed by atoms with van der Waals surface area (Å²) in [7, 11) is 1.32. The Morgan fingerprint density at radius 1 is 1.56 bits per heavy atom. The molecule has 0 unspecified atom stereocenters. The van der Waals surface area contributed by atoms with E-state index in [1.54, 1.807) is 16.7 Å². The Morgan fingerprint density at radius 2 is 2.31 bits per heavy atom. The molecule has 0 amide bonds. The number of carbonyl (C=O) groups is 2. The zero-order valence-electron chi connectivity index (χ0n) is 8.93. The molecule has 2 heterocycles. The summed E-state index contributed by atoms with van der Waals surface area (Å²) in [5.74, 6) is -0.435. The lowest BCUT2D eigenvalue weighted by Gasteiger charge is -2.04. The van der Waals surface area contributed by atoms with Crippen LogP contribution < -0.4 is 0 Å². The van der Waals surface area contributed by atoms with Gasteiger partial charge in [0.2, 0.25) is 0 Å². The summed E-state index contributed by atoms with van der Waals surface area (Å²) in [6.07, 6.45) is 3.71. The van der Waals surface area contributed by atoms with E-state index in [-0.39, 0.29) is 0 Å². The van der Waals surface area contributed by atoms with E-state index in [9.17, 15) is 9.59 Å². The fourth-order valence-electron chi connectivity index (χ4n) is 1.59. The molecular weight excluding hydrogens is 208 g/mol. The molecule has 2 rings (SSSR count). The monoisotopic (exact) mass is 218 g/mol. The molecule has 0 atom stereocenters. The van der Waals surface area contributed by atoms with Gasteiger partial charge in [-0.15, -0.1) is 0 Å². The zero-order chi connectivity index (χ0) is 11.7. The summed E-state index contributed by atoms with van der Waals surface area (Å²) in [6.45, 7) is 1.82. The fraction of sp³-hybridized carbons (Fsp3) is 0.182. The number of aryl methyl sites for hydroxylation is 1. The number of carbonyl (C=O) groups excluding carboxylic acids is 2. The van der Waals surface area contributed by atoms with Gasteiger partial charge in [0.15, 0.2) is 6.29 Å². The molecule has 5 nitrogen and oxygen atoms in total. The number of aromatic nitrogens is 2. The summed E-state index contributed by atoms with van der Waals surface area (Å²) >= 11 is 0. The first-order valence-electron chi connectivity index (χ1n) is 4.68. The second-order valence-electron chi connectivity index (χ2n) is 3.40. The van der Waals surface area contributed by atoms with E-state index in [0.717, 1.165) is 5.56 Å². The molecule has 0 aliphatic heterocycles. The molecule has 0 aliphatic carbocycles. The Labute approximate surface area is 91.7 Å². The van der Waals surface area contributed by atoms with Gasteiger partial charge in [-0.05, 0) is 18.6 Å². The van der Waals surface area contributed by atoms with Crippen LogP contribution in [0.5, 0.6) is 0 Å². The van der Waals surface area contributed by atoms with Gasteiger partial charge in [-0.25, -0.2) is 9.78 Å². The fourth-order valence-corrected chi connectivity index (χ4v) is 1.59. The lowest BCUT2D eigenvalue weighted by Crippen LogP contribution is -2.05. The van der Waals surface area contributed by atoms with Gasteiger partial charge >= 0.3 is 5.97 Å². The molecule has 5 heteroatoms. The highest BCUT2D eigenvalue weighted by molar-refractivity contribution is 5.90. The van der Waals surface area contributed by atoms with Gasteiger partial charge in [-0.3, -0.25) is 9.20 Å². The first-order chi connectivity index (χ1) is 7.67. The van der Waals surface area contributed by atoms with Crippen LogP contribution in [0, 0.1) is 6.92 Å². The van der Waals surface area contributed by atoms with Crippen molar-refractivity contribution < 1.29 is 14.3 Å². The van der Waals surface area contributed by atoms with E-state index in [1.807, 2.05) is 6.92 Å². The molecule has 82 valence electrons. The van der Waals surface area contributed by atoms with Crippen LogP contribution >= 0.6 is 0 Å². The molecule has 0 spiro atoms. The Kier molecular flexibility index (Phi) is 2.44. The number of nitrogens with zero attached hydrogens (tertiary/aromatic N) is 2. The highest BCUT2D eigenvalue weighted by Gasteiger charge is 2.11. The first-order valence-corrected chi connectivity index (χ1v) is 4.68. The van der Waals surface area contributed by atoms with Gasteiger partial charge in [0.25, 0.3) is 0 Å². The van der Waals surface area contributed by atoms with E-state index >= 15 is 0 Å².